The highest BCUT2D eigenvalue weighted by atomic mass is 32.2. The predicted molar refractivity (Wildman–Crippen MR) is 51.0 cm³/mol. The lowest BCUT2D eigenvalue weighted by atomic mass is 10.1. The number of hydrogen-bond acceptors (Lipinski definition) is 3. The Morgan fingerprint density at radius 3 is 3.25 bits per heavy atom. The van der Waals surface area contributed by atoms with Crippen molar-refractivity contribution in [3.8, 4) is 0 Å². The fraction of sp³-hybridized carbons (Fsp3) is 0.625. The van der Waals surface area contributed by atoms with Gasteiger partial charge >= 0.3 is 0 Å². The number of aryl methyl sites for hydroxylation is 1. The van der Waals surface area contributed by atoms with Crippen molar-refractivity contribution in [2.24, 2.45) is 12.8 Å². The summed E-state index contributed by atoms with van der Waals surface area (Å²) in [5.74, 6) is 2.31. The Hall–Kier alpha value is -0.480. The topological polar surface area (TPSA) is 43.8 Å². The number of nitrogens with zero attached hydrogens (tertiary/aromatic N) is 2. The molecular weight excluding hydrogens is 170 g/mol. The number of rotatable bonds is 1. The first-order valence-electron chi connectivity index (χ1n) is 4.14. The first kappa shape index (κ1) is 8.13. The van der Waals surface area contributed by atoms with Crippen molar-refractivity contribution in [2.45, 2.75) is 18.7 Å². The molecule has 0 atom stereocenters. The Morgan fingerprint density at radius 2 is 2.50 bits per heavy atom. The van der Waals surface area contributed by atoms with Gasteiger partial charge in [0.05, 0.1) is 11.4 Å². The lowest BCUT2D eigenvalue weighted by molar-refractivity contribution is 0.716. The number of aromatic nitrogens is 2. The van der Waals surface area contributed by atoms with Crippen molar-refractivity contribution < 1.29 is 0 Å². The van der Waals surface area contributed by atoms with Crippen molar-refractivity contribution >= 4 is 11.8 Å². The zero-order valence-electron chi connectivity index (χ0n) is 7.21. The van der Waals surface area contributed by atoms with Crippen LogP contribution in [-0.4, -0.2) is 15.5 Å². The fourth-order valence-electron chi connectivity index (χ4n) is 1.64. The van der Waals surface area contributed by atoms with Gasteiger partial charge in [-0.05, 0) is 17.7 Å². The Bertz CT molecular complexity index is 293. The molecule has 0 aliphatic carbocycles. The Labute approximate surface area is 76.3 Å². The van der Waals surface area contributed by atoms with Crippen LogP contribution in [0, 0.1) is 0 Å². The third-order valence-corrected chi connectivity index (χ3v) is 3.26. The Kier molecular flexibility index (Phi) is 2.11. The van der Waals surface area contributed by atoms with Gasteiger partial charge in [0.15, 0.2) is 0 Å². The van der Waals surface area contributed by atoms with E-state index in [0.29, 0.717) is 6.54 Å². The van der Waals surface area contributed by atoms with Crippen LogP contribution in [0.1, 0.15) is 17.0 Å². The zero-order chi connectivity index (χ0) is 8.55. The molecule has 1 aliphatic rings. The highest BCUT2D eigenvalue weighted by molar-refractivity contribution is 7.98. The molecule has 0 aromatic carbocycles. The van der Waals surface area contributed by atoms with Gasteiger partial charge in [0.2, 0.25) is 0 Å². The number of fused-ring (bicyclic) bond motifs is 1. The summed E-state index contributed by atoms with van der Waals surface area (Å²) < 4.78 is 1.98. The van der Waals surface area contributed by atoms with Crippen molar-refractivity contribution in [3.63, 3.8) is 0 Å². The van der Waals surface area contributed by atoms with Crippen molar-refractivity contribution in [1.29, 1.82) is 0 Å². The second-order valence-corrected chi connectivity index (χ2v) is 4.11. The largest absolute Gasteiger partial charge is 0.325 e. The van der Waals surface area contributed by atoms with E-state index in [1.807, 2.05) is 23.5 Å². The van der Waals surface area contributed by atoms with Gasteiger partial charge in [0.25, 0.3) is 0 Å². The molecule has 66 valence electrons. The molecular formula is C8H13N3S. The van der Waals surface area contributed by atoms with E-state index in [1.54, 1.807) is 0 Å². The Balaban J connectivity index is 2.47. The van der Waals surface area contributed by atoms with Gasteiger partial charge in [-0.1, -0.05) is 0 Å². The van der Waals surface area contributed by atoms with Crippen LogP contribution >= 0.6 is 11.8 Å². The molecule has 0 spiro atoms. The van der Waals surface area contributed by atoms with Gasteiger partial charge in [-0.15, -0.1) is 0 Å². The van der Waals surface area contributed by atoms with Gasteiger partial charge in [-0.25, -0.2) is 0 Å². The number of thioether (sulfide) groups is 1. The van der Waals surface area contributed by atoms with E-state index in [2.05, 4.69) is 5.10 Å². The molecule has 2 heterocycles. The molecule has 0 bridgehead atoms. The minimum atomic E-state index is 0.577. The zero-order valence-corrected chi connectivity index (χ0v) is 8.02. The maximum Gasteiger partial charge on any atom is 0.0795 e. The molecule has 0 amide bonds. The molecule has 4 heteroatoms. The van der Waals surface area contributed by atoms with E-state index in [9.17, 15) is 0 Å². The van der Waals surface area contributed by atoms with E-state index < -0.39 is 0 Å². The first-order valence-corrected chi connectivity index (χ1v) is 5.30. The molecule has 12 heavy (non-hydrogen) atoms. The van der Waals surface area contributed by atoms with Crippen LogP contribution in [0.25, 0.3) is 0 Å². The molecule has 0 saturated carbocycles. The normalized spacial score (nSPS) is 16.2. The lowest BCUT2D eigenvalue weighted by Crippen LogP contribution is -2.06. The minimum Gasteiger partial charge on any atom is -0.325 e. The smallest absolute Gasteiger partial charge is 0.0795 e. The third-order valence-electron chi connectivity index (χ3n) is 2.29. The lowest BCUT2D eigenvalue weighted by Gasteiger charge is -2.11. The van der Waals surface area contributed by atoms with Gasteiger partial charge in [0, 0.05) is 19.3 Å². The summed E-state index contributed by atoms with van der Waals surface area (Å²) in [6.45, 7) is 0.577. The van der Waals surface area contributed by atoms with E-state index in [1.165, 1.54) is 17.0 Å². The summed E-state index contributed by atoms with van der Waals surface area (Å²) in [6, 6.07) is 0. The van der Waals surface area contributed by atoms with E-state index in [-0.39, 0.29) is 0 Å². The van der Waals surface area contributed by atoms with Crippen LogP contribution in [0.5, 0.6) is 0 Å². The van der Waals surface area contributed by atoms with Crippen LogP contribution in [0.15, 0.2) is 0 Å². The van der Waals surface area contributed by atoms with Crippen molar-refractivity contribution in [3.05, 3.63) is 17.0 Å². The van der Waals surface area contributed by atoms with E-state index in [4.69, 9.17) is 5.73 Å². The summed E-state index contributed by atoms with van der Waals surface area (Å²) >= 11 is 1.97. The van der Waals surface area contributed by atoms with Gasteiger partial charge in [-0.2, -0.15) is 16.9 Å². The molecule has 0 fully saturated rings. The van der Waals surface area contributed by atoms with E-state index in [0.717, 1.165) is 17.9 Å². The van der Waals surface area contributed by atoms with Crippen LogP contribution in [0.2, 0.25) is 0 Å². The van der Waals surface area contributed by atoms with Crippen LogP contribution < -0.4 is 5.73 Å². The average Bonchev–Trinajstić information content (AvgIpc) is 2.44. The summed E-state index contributed by atoms with van der Waals surface area (Å²) in [4.78, 5) is 0. The van der Waals surface area contributed by atoms with Gasteiger partial charge < -0.3 is 5.73 Å². The molecule has 1 aliphatic heterocycles. The highest BCUT2D eigenvalue weighted by Gasteiger charge is 2.17. The van der Waals surface area contributed by atoms with Crippen LogP contribution in [0.3, 0.4) is 0 Å². The SMILES string of the molecule is Cn1nc(CN)c2c1CSCC2. The van der Waals surface area contributed by atoms with Crippen LogP contribution in [0.4, 0.5) is 0 Å². The number of nitrogens with two attached hydrogens (primary N) is 1. The van der Waals surface area contributed by atoms with Gasteiger partial charge in [-0.3, -0.25) is 4.68 Å². The summed E-state index contributed by atoms with van der Waals surface area (Å²) in [5, 5.41) is 4.39. The second-order valence-electron chi connectivity index (χ2n) is 3.00. The molecule has 2 N–H and O–H groups in total. The minimum absolute atomic E-state index is 0.577. The van der Waals surface area contributed by atoms with Gasteiger partial charge in [0.1, 0.15) is 0 Å². The molecule has 1 aromatic rings. The second kappa shape index (κ2) is 3.11. The molecule has 3 nitrogen and oxygen atoms in total. The van der Waals surface area contributed by atoms with E-state index >= 15 is 0 Å². The number of hydrogen-bond donors (Lipinski definition) is 1. The predicted octanol–water partition coefficient (Wildman–Crippen LogP) is 0.668. The average molecular weight is 183 g/mol. The summed E-state index contributed by atoms with van der Waals surface area (Å²) in [7, 11) is 2.00. The standard InChI is InChI=1S/C8H13N3S/c1-11-8-5-12-3-2-6(8)7(4-9)10-11/h2-5,9H2,1H3. The maximum absolute atomic E-state index is 5.60. The molecule has 0 unspecified atom stereocenters. The summed E-state index contributed by atoms with van der Waals surface area (Å²) in [6.07, 6.45) is 1.14. The first-order chi connectivity index (χ1) is 5.83. The third kappa shape index (κ3) is 1.15. The molecule has 0 radical (unpaired) electrons. The van der Waals surface area contributed by atoms with Crippen molar-refractivity contribution in [1.82, 2.24) is 9.78 Å². The quantitative estimate of drug-likeness (QED) is 0.696. The fourth-order valence-corrected chi connectivity index (χ4v) is 2.69. The molecule has 1 aromatic heterocycles. The molecule has 2 rings (SSSR count). The van der Waals surface area contributed by atoms with Crippen LogP contribution in [-0.2, 0) is 25.8 Å². The molecule has 0 saturated heterocycles. The summed E-state index contributed by atoms with van der Waals surface area (Å²) in [5.41, 5.74) is 9.46. The Morgan fingerprint density at radius 1 is 1.67 bits per heavy atom. The monoisotopic (exact) mass is 183 g/mol. The van der Waals surface area contributed by atoms with Crippen molar-refractivity contribution in [2.75, 3.05) is 5.75 Å². The maximum atomic E-state index is 5.60. The highest BCUT2D eigenvalue weighted by Crippen LogP contribution is 2.26.